The van der Waals surface area contributed by atoms with Gasteiger partial charge in [0.1, 0.15) is 0 Å². The molecule has 5 heteroatoms. The van der Waals surface area contributed by atoms with Gasteiger partial charge in [-0.3, -0.25) is 9.59 Å². The molecule has 22 heavy (non-hydrogen) atoms. The zero-order valence-corrected chi connectivity index (χ0v) is 16.9. The first-order valence-electron chi connectivity index (χ1n) is 8.36. The molecular formula is C17H33NaO4. The molecule has 0 heterocycles. The van der Waals surface area contributed by atoms with E-state index < -0.39 is 23.3 Å². The van der Waals surface area contributed by atoms with Crippen LogP contribution in [-0.4, -0.2) is 22.2 Å². The van der Waals surface area contributed by atoms with Gasteiger partial charge in [0.2, 0.25) is 0 Å². The molecule has 0 aromatic heterocycles. The SMILES string of the molecule is CCCCCCCCCCCC(C(=O)O)(C(=O)O)C(C)C.[H-].[Na+]. The summed E-state index contributed by atoms with van der Waals surface area (Å²) in [5, 5.41) is 18.6. The van der Waals surface area contributed by atoms with E-state index in [1.165, 1.54) is 38.5 Å². The van der Waals surface area contributed by atoms with Crippen molar-refractivity contribution in [1.82, 2.24) is 0 Å². The first-order valence-corrected chi connectivity index (χ1v) is 8.36. The molecule has 0 atom stereocenters. The van der Waals surface area contributed by atoms with Gasteiger partial charge in [0, 0.05) is 0 Å². The van der Waals surface area contributed by atoms with Gasteiger partial charge in [-0.2, -0.15) is 0 Å². The topological polar surface area (TPSA) is 74.6 Å². The molecular weight excluding hydrogens is 291 g/mol. The summed E-state index contributed by atoms with van der Waals surface area (Å²) in [6.45, 7) is 5.55. The van der Waals surface area contributed by atoms with Crippen LogP contribution in [0.1, 0.15) is 86.4 Å². The third kappa shape index (κ3) is 7.98. The second-order valence-electron chi connectivity index (χ2n) is 6.31. The van der Waals surface area contributed by atoms with Crippen molar-refractivity contribution in [3.05, 3.63) is 0 Å². The number of carbonyl (C=O) groups is 2. The molecule has 0 radical (unpaired) electrons. The normalized spacial score (nSPS) is 11.3. The largest absolute Gasteiger partial charge is 1.00 e. The van der Waals surface area contributed by atoms with Crippen LogP contribution in [0.15, 0.2) is 0 Å². The fraction of sp³-hybridized carbons (Fsp3) is 0.882. The average Bonchev–Trinajstić information content (AvgIpc) is 2.39. The maximum atomic E-state index is 11.4. The van der Waals surface area contributed by atoms with Gasteiger partial charge in [0.15, 0.2) is 5.41 Å². The van der Waals surface area contributed by atoms with Crippen LogP contribution >= 0.6 is 0 Å². The minimum absolute atomic E-state index is 0. The van der Waals surface area contributed by atoms with Crippen LogP contribution in [-0.2, 0) is 9.59 Å². The Balaban J connectivity index is -0.00000200. The van der Waals surface area contributed by atoms with Crippen molar-refractivity contribution in [2.75, 3.05) is 0 Å². The first-order chi connectivity index (χ1) is 9.89. The predicted molar refractivity (Wildman–Crippen MR) is 85.5 cm³/mol. The number of hydrogen-bond donors (Lipinski definition) is 2. The van der Waals surface area contributed by atoms with E-state index in [9.17, 15) is 19.8 Å². The van der Waals surface area contributed by atoms with E-state index in [0.717, 1.165) is 12.8 Å². The number of hydrogen-bond acceptors (Lipinski definition) is 2. The Kier molecular flexibility index (Phi) is 14.7. The quantitative estimate of drug-likeness (QED) is 0.308. The second-order valence-corrected chi connectivity index (χ2v) is 6.31. The van der Waals surface area contributed by atoms with Crippen molar-refractivity contribution in [3.63, 3.8) is 0 Å². The van der Waals surface area contributed by atoms with Crippen molar-refractivity contribution in [3.8, 4) is 0 Å². The van der Waals surface area contributed by atoms with E-state index in [1.807, 2.05) is 0 Å². The van der Waals surface area contributed by atoms with Gasteiger partial charge in [-0.15, -0.1) is 0 Å². The summed E-state index contributed by atoms with van der Waals surface area (Å²) in [5.41, 5.74) is -1.62. The Bertz CT molecular complexity index is 308. The van der Waals surface area contributed by atoms with E-state index in [1.54, 1.807) is 13.8 Å². The molecule has 0 rings (SSSR count). The smallest absolute Gasteiger partial charge is 1.00 e. The van der Waals surface area contributed by atoms with E-state index in [4.69, 9.17) is 0 Å². The predicted octanol–water partition coefficient (Wildman–Crippen LogP) is 1.84. The zero-order chi connectivity index (χ0) is 16.3. The maximum Gasteiger partial charge on any atom is 1.00 e. The third-order valence-corrected chi connectivity index (χ3v) is 4.42. The number of carboxylic acid groups (broad SMARTS) is 2. The molecule has 0 bridgehead atoms. The van der Waals surface area contributed by atoms with Crippen molar-refractivity contribution < 1.29 is 50.8 Å². The van der Waals surface area contributed by atoms with Crippen molar-refractivity contribution >= 4 is 11.9 Å². The van der Waals surface area contributed by atoms with Gasteiger partial charge in [-0.1, -0.05) is 78.6 Å². The summed E-state index contributed by atoms with van der Waals surface area (Å²) in [6, 6.07) is 0. The molecule has 0 aromatic carbocycles. The molecule has 0 unspecified atom stereocenters. The molecule has 0 saturated heterocycles. The fourth-order valence-electron chi connectivity index (χ4n) is 2.80. The Morgan fingerprint density at radius 3 is 1.55 bits per heavy atom. The fourth-order valence-corrected chi connectivity index (χ4v) is 2.80. The Morgan fingerprint density at radius 1 is 0.864 bits per heavy atom. The van der Waals surface area contributed by atoms with Crippen molar-refractivity contribution in [2.45, 2.75) is 85.0 Å². The Hall–Kier alpha value is -0.0600. The van der Waals surface area contributed by atoms with E-state index in [2.05, 4.69) is 6.92 Å². The number of aliphatic carboxylic acids is 2. The molecule has 2 N–H and O–H groups in total. The van der Waals surface area contributed by atoms with Gasteiger partial charge in [-0.25, -0.2) is 0 Å². The number of unbranched alkanes of at least 4 members (excludes halogenated alkanes) is 8. The van der Waals surface area contributed by atoms with Gasteiger partial charge in [0.05, 0.1) is 0 Å². The van der Waals surface area contributed by atoms with Crippen LogP contribution in [0.5, 0.6) is 0 Å². The van der Waals surface area contributed by atoms with Gasteiger partial charge in [0.25, 0.3) is 0 Å². The molecule has 0 aromatic rings. The van der Waals surface area contributed by atoms with E-state index in [-0.39, 0.29) is 37.4 Å². The second kappa shape index (κ2) is 13.4. The molecule has 4 nitrogen and oxygen atoms in total. The Labute approximate surface area is 158 Å². The zero-order valence-electron chi connectivity index (χ0n) is 15.9. The monoisotopic (exact) mass is 324 g/mol. The Morgan fingerprint density at radius 2 is 1.23 bits per heavy atom. The molecule has 126 valence electrons. The minimum Gasteiger partial charge on any atom is -1.00 e. The molecule has 0 spiro atoms. The molecule has 0 fully saturated rings. The van der Waals surface area contributed by atoms with Crippen molar-refractivity contribution in [1.29, 1.82) is 0 Å². The maximum absolute atomic E-state index is 11.4. The summed E-state index contributed by atoms with van der Waals surface area (Å²) in [7, 11) is 0. The van der Waals surface area contributed by atoms with Crippen LogP contribution < -0.4 is 29.6 Å². The molecule has 0 aliphatic rings. The van der Waals surface area contributed by atoms with Crippen LogP contribution in [0.4, 0.5) is 0 Å². The van der Waals surface area contributed by atoms with Crippen molar-refractivity contribution in [2.24, 2.45) is 11.3 Å². The summed E-state index contributed by atoms with van der Waals surface area (Å²) in [6.07, 6.45) is 10.4. The first kappa shape index (κ1) is 24.2. The molecule has 0 amide bonds. The van der Waals surface area contributed by atoms with E-state index >= 15 is 0 Å². The molecule has 0 saturated carbocycles. The van der Waals surface area contributed by atoms with Gasteiger partial charge in [-0.05, 0) is 12.3 Å². The number of carboxylic acids is 2. The molecule has 0 aliphatic carbocycles. The number of rotatable bonds is 13. The standard InChI is InChI=1S/C17H32O4.Na.H/c1-4-5-6-7-8-9-10-11-12-13-17(14(2)3,15(18)19)16(20)21;;/h14H,4-13H2,1-3H3,(H,18,19)(H,20,21);;/q;+1;-1. The summed E-state index contributed by atoms with van der Waals surface area (Å²) in [5.74, 6) is -2.81. The van der Waals surface area contributed by atoms with E-state index in [0.29, 0.717) is 6.42 Å². The summed E-state index contributed by atoms with van der Waals surface area (Å²) < 4.78 is 0. The molecule has 0 aliphatic heterocycles. The summed E-state index contributed by atoms with van der Waals surface area (Å²) >= 11 is 0. The van der Waals surface area contributed by atoms with Gasteiger partial charge < -0.3 is 11.6 Å². The summed E-state index contributed by atoms with van der Waals surface area (Å²) in [4.78, 5) is 22.8. The third-order valence-electron chi connectivity index (χ3n) is 4.42. The minimum atomic E-state index is -1.62. The average molecular weight is 324 g/mol. The van der Waals surface area contributed by atoms with Crippen LogP contribution in [0.2, 0.25) is 0 Å². The van der Waals surface area contributed by atoms with Crippen LogP contribution in [0.3, 0.4) is 0 Å². The van der Waals surface area contributed by atoms with Crippen LogP contribution in [0, 0.1) is 11.3 Å². The van der Waals surface area contributed by atoms with Crippen LogP contribution in [0.25, 0.3) is 0 Å². The van der Waals surface area contributed by atoms with Gasteiger partial charge >= 0.3 is 41.5 Å².